The quantitative estimate of drug-likeness (QED) is 0.394. The van der Waals surface area contributed by atoms with Crippen molar-refractivity contribution >= 4 is 11.8 Å². The summed E-state index contributed by atoms with van der Waals surface area (Å²) < 4.78 is 0. The van der Waals surface area contributed by atoms with Crippen LogP contribution in [0.3, 0.4) is 0 Å². The summed E-state index contributed by atoms with van der Waals surface area (Å²) in [5.74, 6) is 0.358. The fourth-order valence-electron chi connectivity index (χ4n) is 7.33. The van der Waals surface area contributed by atoms with Crippen LogP contribution in [0.25, 0.3) is 0 Å². The highest BCUT2D eigenvalue weighted by molar-refractivity contribution is 6.00. The van der Waals surface area contributed by atoms with Crippen molar-refractivity contribution in [2.75, 3.05) is 32.7 Å². The topological polar surface area (TPSA) is 43.9 Å². The van der Waals surface area contributed by atoms with E-state index in [9.17, 15) is 9.59 Å². The van der Waals surface area contributed by atoms with E-state index in [4.69, 9.17) is 0 Å². The zero-order valence-electron chi connectivity index (χ0n) is 23.7. The first kappa shape index (κ1) is 26.8. The molecule has 3 aromatic rings. The molecule has 3 aliphatic heterocycles. The standard InChI is InChI=1S/C35H41N3O2/c1-34(29-14-7-3-8-15-29,30-16-9-4-10-17-30)20-27-38-32(39)31-18-11-23-37(31)33(40)35(38)21-25-36(26-22-35)24-19-28-12-5-2-6-13-28/h2-10,12-17,31H,11,18-27H2,1H3. The normalized spacial score (nSPS) is 21.2. The van der Waals surface area contributed by atoms with Gasteiger partial charge in [-0.25, -0.2) is 0 Å². The smallest absolute Gasteiger partial charge is 0.249 e. The van der Waals surface area contributed by atoms with Crippen molar-refractivity contribution in [3.63, 3.8) is 0 Å². The molecule has 3 aliphatic rings. The van der Waals surface area contributed by atoms with Gasteiger partial charge in [0.15, 0.2) is 0 Å². The molecule has 0 N–H and O–H groups in total. The zero-order chi connectivity index (χ0) is 27.6. The summed E-state index contributed by atoms with van der Waals surface area (Å²) in [6.07, 6.45) is 4.90. The van der Waals surface area contributed by atoms with E-state index in [0.717, 1.165) is 45.3 Å². The van der Waals surface area contributed by atoms with Gasteiger partial charge in [-0.3, -0.25) is 9.59 Å². The first-order valence-corrected chi connectivity index (χ1v) is 15.0. The molecule has 3 aromatic carbocycles. The highest BCUT2D eigenvalue weighted by Gasteiger charge is 2.57. The van der Waals surface area contributed by atoms with Crippen molar-refractivity contribution in [3.8, 4) is 0 Å². The van der Waals surface area contributed by atoms with Gasteiger partial charge in [0.05, 0.1) is 0 Å². The number of rotatable bonds is 8. The Morgan fingerprint density at radius 3 is 1.95 bits per heavy atom. The Labute approximate surface area is 238 Å². The molecule has 1 unspecified atom stereocenters. The van der Waals surface area contributed by atoms with Gasteiger partial charge in [0.25, 0.3) is 0 Å². The van der Waals surface area contributed by atoms with Gasteiger partial charge in [-0.1, -0.05) is 97.9 Å². The number of hydrogen-bond donors (Lipinski definition) is 0. The van der Waals surface area contributed by atoms with E-state index in [-0.39, 0.29) is 23.3 Å². The predicted octanol–water partition coefficient (Wildman–Crippen LogP) is 5.29. The molecular formula is C35H41N3O2. The number of carbonyl (C=O) groups excluding carboxylic acids is 2. The lowest BCUT2D eigenvalue weighted by molar-refractivity contribution is -0.172. The van der Waals surface area contributed by atoms with Gasteiger partial charge in [-0.05, 0) is 55.2 Å². The second kappa shape index (κ2) is 11.2. The van der Waals surface area contributed by atoms with Crippen LogP contribution in [0.2, 0.25) is 0 Å². The molecule has 3 heterocycles. The van der Waals surface area contributed by atoms with E-state index in [1.807, 2.05) is 9.80 Å². The van der Waals surface area contributed by atoms with Gasteiger partial charge in [0.1, 0.15) is 11.6 Å². The van der Waals surface area contributed by atoms with Crippen molar-refractivity contribution < 1.29 is 9.59 Å². The van der Waals surface area contributed by atoms with Gasteiger partial charge >= 0.3 is 0 Å². The monoisotopic (exact) mass is 535 g/mol. The Kier molecular flexibility index (Phi) is 7.50. The SMILES string of the molecule is CC(CCN1C(=O)C2CCCN2C(=O)C12CCN(CCc1ccccc1)CC2)(c1ccccc1)c1ccccc1. The third-order valence-corrected chi connectivity index (χ3v) is 9.88. The summed E-state index contributed by atoms with van der Waals surface area (Å²) in [4.78, 5) is 34.8. The summed E-state index contributed by atoms with van der Waals surface area (Å²) in [6.45, 7) is 6.25. The number of amides is 2. The molecule has 0 bridgehead atoms. The minimum absolute atomic E-state index is 0.165. The zero-order valence-corrected chi connectivity index (χ0v) is 23.7. The Balaban J connectivity index is 1.25. The molecule has 0 saturated carbocycles. The van der Waals surface area contributed by atoms with Gasteiger partial charge in [-0.15, -0.1) is 0 Å². The van der Waals surface area contributed by atoms with Gasteiger partial charge in [0.2, 0.25) is 11.8 Å². The fraction of sp³-hybridized carbons (Fsp3) is 0.429. The summed E-state index contributed by atoms with van der Waals surface area (Å²) in [5, 5.41) is 0. The second-order valence-electron chi connectivity index (χ2n) is 12.1. The van der Waals surface area contributed by atoms with Crippen LogP contribution in [0.1, 0.15) is 55.7 Å². The Bertz CT molecular complexity index is 1260. The van der Waals surface area contributed by atoms with E-state index >= 15 is 0 Å². The molecule has 3 saturated heterocycles. The molecule has 208 valence electrons. The molecule has 0 aromatic heterocycles. The molecule has 40 heavy (non-hydrogen) atoms. The Hall–Kier alpha value is -3.44. The number of piperazine rings is 1. The first-order valence-electron chi connectivity index (χ1n) is 15.0. The minimum atomic E-state index is -0.727. The second-order valence-corrected chi connectivity index (χ2v) is 12.1. The summed E-state index contributed by atoms with van der Waals surface area (Å²) in [5.41, 5.74) is 2.83. The van der Waals surface area contributed by atoms with E-state index in [1.165, 1.54) is 16.7 Å². The van der Waals surface area contributed by atoms with Crippen LogP contribution in [0, 0.1) is 0 Å². The Morgan fingerprint density at radius 2 is 1.35 bits per heavy atom. The van der Waals surface area contributed by atoms with Crippen LogP contribution in [-0.4, -0.2) is 70.8 Å². The van der Waals surface area contributed by atoms with Crippen molar-refractivity contribution in [1.82, 2.24) is 14.7 Å². The van der Waals surface area contributed by atoms with Crippen molar-refractivity contribution in [2.45, 2.75) is 62.4 Å². The summed E-state index contributed by atoms with van der Waals surface area (Å²) >= 11 is 0. The number of likely N-dealkylation sites (tertiary alicyclic amines) is 1. The summed E-state index contributed by atoms with van der Waals surface area (Å²) in [6, 6.07) is 31.6. The number of fused-ring (bicyclic) bond motifs is 1. The van der Waals surface area contributed by atoms with Crippen LogP contribution >= 0.6 is 0 Å². The average molecular weight is 536 g/mol. The number of nitrogens with zero attached hydrogens (tertiary/aromatic N) is 3. The van der Waals surface area contributed by atoms with Crippen molar-refractivity contribution in [3.05, 3.63) is 108 Å². The van der Waals surface area contributed by atoms with Gasteiger partial charge in [0, 0.05) is 38.1 Å². The van der Waals surface area contributed by atoms with Crippen molar-refractivity contribution in [2.24, 2.45) is 0 Å². The maximum absolute atomic E-state index is 14.2. The Morgan fingerprint density at radius 1 is 0.775 bits per heavy atom. The molecule has 1 spiro atoms. The number of piperidine rings is 1. The van der Waals surface area contributed by atoms with E-state index in [1.54, 1.807) is 0 Å². The highest BCUT2D eigenvalue weighted by atomic mass is 16.2. The molecule has 2 amide bonds. The van der Waals surface area contributed by atoms with Crippen LogP contribution in [0.5, 0.6) is 0 Å². The molecule has 0 aliphatic carbocycles. The lowest BCUT2D eigenvalue weighted by Crippen LogP contribution is -2.72. The van der Waals surface area contributed by atoms with Gasteiger partial charge in [-0.2, -0.15) is 0 Å². The molecule has 5 nitrogen and oxygen atoms in total. The van der Waals surface area contributed by atoms with E-state index in [2.05, 4.69) is 103 Å². The molecule has 0 radical (unpaired) electrons. The van der Waals surface area contributed by atoms with E-state index < -0.39 is 5.54 Å². The average Bonchev–Trinajstić information content (AvgIpc) is 3.51. The highest BCUT2D eigenvalue weighted by Crippen LogP contribution is 2.42. The predicted molar refractivity (Wildman–Crippen MR) is 159 cm³/mol. The maximum atomic E-state index is 14.2. The lowest BCUT2D eigenvalue weighted by Gasteiger charge is -2.54. The minimum Gasteiger partial charge on any atom is -0.329 e. The summed E-state index contributed by atoms with van der Waals surface area (Å²) in [7, 11) is 0. The van der Waals surface area contributed by atoms with Crippen LogP contribution in [0.4, 0.5) is 0 Å². The lowest BCUT2D eigenvalue weighted by atomic mass is 9.73. The van der Waals surface area contributed by atoms with Crippen molar-refractivity contribution in [1.29, 1.82) is 0 Å². The number of hydrogen-bond acceptors (Lipinski definition) is 3. The van der Waals surface area contributed by atoms with E-state index in [0.29, 0.717) is 25.9 Å². The first-order chi connectivity index (χ1) is 19.5. The third-order valence-electron chi connectivity index (χ3n) is 9.88. The molecule has 6 rings (SSSR count). The largest absolute Gasteiger partial charge is 0.329 e. The number of carbonyl (C=O) groups is 2. The molecule has 1 atom stereocenters. The number of benzene rings is 3. The molecular weight excluding hydrogens is 494 g/mol. The van der Waals surface area contributed by atoms with Crippen LogP contribution < -0.4 is 0 Å². The van der Waals surface area contributed by atoms with Crippen LogP contribution in [0.15, 0.2) is 91.0 Å². The molecule has 3 fully saturated rings. The fourth-order valence-corrected chi connectivity index (χ4v) is 7.33. The molecule has 5 heteroatoms. The third kappa shape index (κ3) is 4.85. The van der Waals surface area contributed by atoms with Crippen LogP contribution in [-0.2, 0) is 21.4 Å². The maximum Gasteiger partial charge on any atom is 0.249 e. The van der Waals surface area contributed by atoms with Gasteiger partial charge < -0.3 is 14.7 Å².